The molecule has 1 aromatic heterocycles. The summed E-state index contributed by atoms with van der Waals surface area (Å²) in [6, 6.07) is 16.4. The zero-order chi connectivity index (χ0) is 21.8. The van der Waals surface area contributed by atoms with E-state index in [1.165, 1.54) is 6.07 Å². The topological polar surface area (TPSA) is 76.1 Å². The van der Waals surface area contributed by atoms with E-state index >= 15 is 0 Å². The zero-order valence-electron chi connectivity index (χ0n) is 17.1. The smallest absolute Gasteiger partial charge is 0.178 e. The lowest BCUT2D eigenvalue weighted by Crippen LogP contribution is -2.48. The van der Waals surface area contributed by atoms with E-state index in [0.29, 0.717) is 62.5 Å². The molecular formula is C24H22FN5O. The minimum absolute atomic E-state index is 0.0462. The fourth-order valence-corrected chi connectivity index (χ4v) is 4.09. The molecule has 2 aromatic carbocycles. The van der Waals surface area contributed by atoms with Crippen molar-refractivity contribution in [2.24, 2.45) is 0 Å². The average molecular weight is 415 g/mol. The summed E-state index contributed by atoms with van der Waals surface area (Å²) in [5, 5.41) is 18.7. The lowest BCUT2D eigenvalue weighted by molar-refractivity contribution is 0.0927. The molecule has 0 atom stereocenters. The Kier molecular flexibility index (Phi) is 5.97. The van der Waals surface area contributed by atoms with E-state index in [0.717, 1.165) is 10.9 Å². The van der Waals surface area contributed by atoms with Crippen LogP contribution in [0.5, 0.6) is 0 Å². The van der Waals surface area contributed by atoms with Crippen LogP contribution in [-0.4, -0.2) is 48.0 Å². The summed E-state index contributed by atoms with van der Waals surface area (Å²) in [7, 11) is 0. The summed E-state index contributed by atoms with van der Waals surface area (Å²) in [4.78, 5) is 17.1. The summed E-state index contributed by atoms with van der Waals surface area (Å²) in [5.74, 6) is -0.348. The van der Waals surface area contributed by atoms with Crippen LogP contribution in [0.1, 0.15) is 22.3 Å². The first-order chi connectivity index (χ1) is 15.1. The van der Waals surface area contributed by atoms with Gasteiger partial charge in [0.2, 0.25) is 0 Å². The number of hydrogen-bond acceptors (Lipinski definition) is 5. The van der Waals surface area contributed by atoms with Gasteiger partial charge in [0, 0.05) is 55.4 Å². The number of carbonyl (C=O) groups is 1. The first-order valence-electron chi connectivity index (χ1n) is 10.3. The van der Waals surface area contributed by atoms with Crippen molar-refractivity contribution < 1.29 is 9.18 Å². The average Bonchev–Trinajstić information content (AvgIpc) is 3.17. The van der Waals surface area contributed by atoms with Crippen LogP contribution in [0.4, 0.5) is 10.1 Å². The van der Waals surface area contributed by atoms with E-state index < -0.39 is 5.82 Å². The number of nitrogens with zero attached hydrogens (tertiary/aromatic N) is 5. The lowest BCUT2D eigenvalue weighted by Gasteiger charge is -2.35. The molecule has 1 saturated heterocycles. The molecule has 6 nitrogen and oxygen atoms in total. The summed E-state index contributed by atoms with van der Waals surface area (Å²) in [6.45, 7) is 3.38. The number of benzene rings is 2. The number of aromatic nitrogens is 1. The Bertz CT molecular complexity index is 1190. The van der Waals surface area contributed by atoms with E-state index in [1.54, 1.807) is 12.1 Å². The molecule has 1 fully saturated rings. The third-order valence-electron chi connectivity index (χ3n) is 5.71. The van der Waals surface area contributed by atoms with Crippen molar-refractivity contribution in [2.75, 3.05) is 37.6 Å². The summed E-state index contributed by atoms with van der Waals surface area (Å²) >= 11 is 0. The molecule has 4 rings (SSSR count). The van der Waals surface area contributed by atoms with Gasteiger partial charge in [0.25, 0.3) is 0 Å². The molecule has 31 heavy (non-hydrogen) atoms. The standard InChI is InChI=1S/C24H22FN5O/c25-21-14-18(15-27)6-7-23(21)29-12-10-28(11-13-29)17-24(31)20-16-30(9-3-8-26)22-5-2-1-4-19(20)22/h1-2,4-7,14,16H,3,9-13,17H2. The highest BCUT2D eigenvalue weighted by Gasteiger charge is 2.23. The van der Waals surface area contributed by atoms with Crippen molar-refractivity contribution in [3.63, 3.8) is 0 Å². The Morgan fingerprint density at radius 2 is 1.84 bits per heavy atom. The molecule has 1 aliphatic heterocycles. The fraction of sp³-hybridized carbons (Fsp3) is 0.292. The zero-order valence-corrected chi connectivity index (χ0v) is 17.1. The van der Waals surface area contributed by atoms with Crippen LogP contribution in [0.15, 0.2) is 48.7 Å². The molecule has 0 amide bonds. The Morgan fingerprint density at radius 3 is 2.55 bits per heavy atom. The van der Waals surface area contributed by atoms with Crippen LogP contribution in [0.2, 0.25) is 0 Å². The van der Waals surface area contributed by atoms with Crippen molar-refractivity contribution in [1.29, 1.82) is 10.5 Å². The van der Waals surface area contributed by atoms with Gasteiger partial charge in [-0.2, -0.15) is 10.5 Å². The van der Waals surface area contributed by atoms with Crippen molar-refractivity contribution in [1.82, 2.24) is 9.47 Å². The first-order valence-corrected chi connectivity index (χ1v) is 10.3. The highest BCUT2D eigenvalue weighted by Crippen LogP contribution is 2.24. The van der Waals surface area contributed by atoms with Crippen molar-refractivity contribution >= 4 is 22.4 Å². The maximum atomic E-state index is 14.3. The van der Waals surface area contributed by atoms with Crippen molar-refractivity contribution in [2.45, 2.75) is 13.0 Å². The second-order valence-corrected chi connectivity index (χ2v) is 7.63. The minimum atomic E-state index is -0.395. The number of carbonyl (C=O) groups excluding carboxylic acids is 1. The molecular weight excluding hydrogens is 393 g/mol. The maximum Gasteiger partial charge on any atom is 0.178 e. The monoisotopic (exact) mass is 415 g/mol. The van der Waals surface area contributed by atoms with Gasteiger partial charge in [-0.3, -0.25) is 9.69 Å². The Balaban J connectivity index is 1.43. The van der Waals surface area contributed by atoms with E-state index in [9.17, 15) is 9.18 Å². The predicted octanol–water partition coefficient (Wildman–Crippen LogP) is 3.57. The summed E-state index contributed by atoms with van der Waals surface area (Å²) in [6.07, 6.45) is 2.24. The van der Waals surface area contributed by atoms with Gasteiger partial charge >= 0.3 is 0 Å². The SMILES string of the molecule is N#CCCn1cc(C(=O)CN2CCN(c3ccc(C#N)cc3F)CC2)c2ccccc21. The number of halogens is 1. The molecule has 0 bridgehead atoms. The number of anilines is 1. The minimum Gasteiger partial charge on any atom is -0.367 e. The Morgan fingerprint density at radius 1 is 1.06 bits per heavy atom. The summed E-state index contributed by atoms with van der Waals surface area (Å²) in [5.41, 5.74) is 2.43. The highest BCUT2D eigenvalue weighted by molar-refractivity contribution is 6.09. The number of ketones is 1. The van der Waals surface area contributed by atoms with E-state index in [1.807, 2.05) is 46.0 Å². The number of para-hydroxylation sites is 1. The van der Waals surface area contributed by atoms with Crippen molar-refractivity contribution in [3.05, 3.63) is 65.6 Å². The van der Waals surface area contributed by atoms with Crippen molar-refractivity contribution in [3.8, 4) is 12.1 Å². The fourth-order valence-electron chi connectivity index (χ4n) is 4.09. The molecule has 0 aliphatic carbocycles. The van der Waals surface area contributed by atoms with Gasteiger partial charge in [-0.05, 0) is 24.3 Å². The third kappa shape index (κ3) is 4.28. The largest absolute Gasteiger partial charge is 0.367 e. The van der Waals surface area contributed by atoms with Gasteiger partial charge in [-0.15, -0.1) is 0 Å². The number of piperazine rings is 1. The number of Topliss-reactive ketones (excluding diaryl/α,β-unsaturated/α-hetero) is 1. The molecule has 0 radical (unpaired) electrons. The molecule has 7 heteroatoms. The van der Waals surface area contributed by atoms with Crippen LogP contribution in [0.3, 0.4) is 0 Å². The van der Waals surface area contributed by atoms with Gasteiger partial charge in [0.1, 0.15) is 5.82 Å². The maximum absolute atomic E-state index is 14.3. The molecule has 0 N–H and O–H groups in total. The number of fused-ring (bicyclic) bond motifs is 1. The van der Waals surface area contributed by atoms with E-state index in [4.69, 9.17) is 10.5 Å². The molecule has 1 aliphatic rings. The van der Waals surface area contributed by atoms with Gasteiger partial charge < -0.3 is 9.47 Å². The third-order valence-corrected chi connectivity index (χ3v) is 5.71. The van der Waals surface area contributed by atoms with Crippen LogP contribution in [-0.2, 0) is 6.54 Å². The van der Waals surface area contributed by atoms with Crippen LogP contribution >= 0.6 is 0 Å². The van der Waals surface area contributed by atoms with E-state index in [2.05, 4.69) is 11.0 Å². The number of rotatable bonds is 6. The number of hydrogen-bond donors (Lipinski definition) is 0. The molecule has 156 valence electrons. The lowest BCUT2D eigenvalue weighted by atomic mass is 10.1. The van der Waals surface area contributed by atoms with Gasteiger partial charge in [0.05, 0.1) is 36.4 Å². The molecule has 0 spiro atoms. The quantitative estimate of drug-likeness (QED) is 0.576. The normalized spacial score (nSPS) is 14.4. The van der Waals surface area contributed by atoms with Gasteiger partial charge in [-0.1, -0.05) is 18.2 Å². The molecule has 0 saturated carbocycles. The first kappa shape index (κ1) is 20.6. The summed E-state index contributed by atoms with van der Waals surface area (Å²) < 4.78 is 16.3. The second kappa shape index (κ2) is 8.99. The predicted molar refractivity (Wildman–Crippen MR) is 116 cm³/mol. The highest BCUT2D eigenvalue weighted by atomic mass is 19.1. The Hall–Kier alpha value is -3.68. The Labute approximate surface area is 180 Å². The second-order valence-electron chi connectivity index (χ2n) is 7.63. The van der Waals surface area contributed by atoms with Gasteiger partial charge in [-0.25, -0.2) is 4.39 Å². The van der Waals surface area contributed by atoms with E-state index in [-0.39, 0.29) is 5.78 Å². The molecule has 3 aromatic rings. The van der Waals surface area contributed by atoms with Crippen LogP contribution < -0.4 is 4.90 Å². The molecule has 0 unspecified atom stereocenters. The van der Waals surface area contributed by atoms with Crippen LogP contribution in [0, 0.1) is 28.5 Å². The number of nitriles is 2. The van der Waals surface area contributed by atoms with Crippen LogP contribution in [0.25, 0.3) is 10.9 Å². The van der Waals surface area contributed by atoms with Gasteiger partial charge in [0.15, 0.2) is 5.78 Å². The molecule has 2 heterocycles. The number of aryl methyl sites for hydroxylation is 1.